The molecule has 0 bridgehead atoms. The lowest BCUT2D eigenvalue weighted by molar-refractivity contribution is 0.699. The van der Waals surface area contributed by atoms with Crippen LogP contribution in [0, 0.1) is 18.5 Å². The van der Waals surface area contributed by atoms with Crippen molar-refractivity contribution in [2.24, 2.45) is 0 Å². The zero-order valence-electron chi connectivity index (χ0n) is 9.26. The van der Waals surface area contributed by atoms with E-state index in [1.165, 1.54) is 0 Å². The highest BCUT2D eigenvalue weighted by Gasteiger charge is 2.22. The van der Waals surface area contributed by atoms with Crippen LogP contribution in [-0.2, 0) is 4.75 Å². The van der Waals surface area contributed by atoms with Gasteiger partial charge in [-0.05, 0) is 34.0 Å². The van der Waals surface area contributed by atoms with E-state index in [1.807, 2.05) is 13.8 Å². The van der Waals surface area contributed by atoms with E-state index < -0.39 is 0 Å². The Kier molecular flexibility index (Phi) is 3.37. The molecule has 4 heteroatoms. The Morgan fingerprint density at radius 2 is 1.93 bits per heavy atom. The topological polar surface area (TPSA) is 28.7 Å². The average Bonchev–Trinajstić information content (AvgIpc) is 2.13. The molecule has 1 N–H and O–H groups in total. The lowest BCUT2D eigenvalue weighted by Crippen LogP contribution is -2.17. The molecule has 0 saturated heterocycles. The molecule has 0 aliphatic heterocycles. The van der Waals surface area contributed by atoms with Crippen molar-refractivity contribution in [3.05, 3.63) is 21.7 Å². The summed E-state index contributed by atoms with van der Waals surface area (Å²) in [4.78, 5) is 7.72. The molecule has 0 amide bonds. The fraction of sp³-hybridized carbons (Fsp3) is 0.600. The summed E-state index contributed by atoms with van der Waals surface area (Å²) in [6, 6.07) is 0. The number of hydrogen-bond donors (Lipinski definition) is 1. The molecule has 1 aromatic rings. The van der Waals surface area contributed by atoms with Gasteiger partial charge in [0, 0.05) is 11.3 Å². The second-order valence-electron chi connectivity index (χ2n) is 3.85. The molecule has 0 aliphatic rings. The van der Waals surface area contributed by atoms with Crippen molar-refractivity contribution in [1.29, 1.82) is 0 Å². The molecule has 0 aliphatic carbocycles. The third-order valence-corrected chi connectivity index (χ3v) is 4.09. The van der Waals surface area contributed by atoms with E-state index in [-0.39, 0.29) is 4.75 Å². The Balaban J connectivity index is 3.33. The van der Waals surface area contributed by atoms with Gasteiger partial charge in [0.2, 0.25) is 0 Å². The second-order valence-corrected chi connectivity index (χ2v) is 5.67. The van der Waals surface area contributed by atoms with Crippen LogP contribution in [0.25, 0.3) is 0 Å². The number of thioether (sulfide) groups is 1. The number of nitrogens with one attached hydrogen (secondary N) is 1. The lowest BCUT2D eigenvalue weighted by Gasteiger charge is -2.21. The first-order valence-electron chi connectivity index (χ1n) is 4.51. The van der Waals surface area contributed by atoms with E-state index >= 15 is 0 Å². The van der Waals surface area contributed by atoms with Crippen molar-refractivity contribution >= 4 is 24.0 Å². The molecule has 0 atom stereocenters. The molecular formula is C10H16N2S2. The first-order chi connectivity index (χ1) is 6.38. The summed E-state index contributed by atoms with van der Waals surface area (Å²) in [6.45, 7) is 8.31. The number of hydrogen-bond acceptors (Lipinski definition) is 3. The summed E-state index contributed by atoms with van der Waals surface area (Å²) < 4.78 is 0.699. The standard InChI is InChI=1S/C10H16N2S2/c1-6-7(2)11-9(12-8(6)13)10(3,4)14-5/h1-5H3,(H,11,12,13). The molecule has 0 radical (unpaired) electrons. The molecule has 14 heavy (non-hydrogen) atoms. The van der Waals surface area contributed by atoms with Gasteiger partial charge in [-0.25, -0.2) is 4.98 Å². The van der Waals surface area contributed by atoms with Crippen molar-refractivity contribution in [3.8, 4) is 0 Å². The predicted molar refractivity (Wildman–Crippen MR) is 65.4 cm³/mol. The first-order valence-corrected chi connectivity index (χ1v) is 6.15. The highest BCUT2D eigenvalue weighted by Crippen LogP contribution is 2.31. The Hall–Kier alpha value is -0.350. The molecule has 0 spiro atoms. The maximum Gasteiger partial charge on any atom is 0.132 e. The normalized spacial score (nSPS) is 11.8. The Bertz CT molecular complexity index is 394. The summed E-state index contributed by atoms with van der Waals surface area (Å²) in [5.41, 5.74) is 2.18. The smallest absolute Gasteiger partial charge is 0.132 e. The number of aryl methyl sites for hydroxylation is 1. The highest BCUT2D eigenvalue weighted by molar-refractivity contribution is 7.99. The minimum atomic E-state index is -0.00792. The van der Waals surface area contributed by atoms with Crippen LogP contribution >= 0.6 is 24.0 Å². The number of rotatable bonds is 2. The minimum Gasteiger partial charge on any atom is -0.346 e. The number of aromatic nitrogens is 2. The van der Waals surface area contributed by atoms with Crippen molar-refractivity contribution in [3.63, 3.8) is 0 Å². The minimum absolute atomic E-state index is 0.00792. The molecule has 2 nitrogen and oxygen atoms in total. The first kappa shape index (κ1) is 11.7. The van der Waals surface area contributed by atoms with Crippen LogP contribution in [0.15, 0.2) is 0 Å². The zero-order valence-corrected chi connectivity index (χ0v) is 10.9. The van der Waals surface area contributed by atoms with Gasteiger partial charge < -0.3 is 4.98 Å². The van der Waals surface area contributed by atoms with E-state index in [2.05, 4.69) is 30.1 Å². The lowest BCUT2D eigenvalue weighted by atomic mass is 10.2. The van der Waals surface area contributed by atoms with Gasteiger partial charge in [0.1, 0.15) is 10.5 Å². The Labute approximate surface area is 94.5 Å². The Morgan fingerprint density at radius 3 is 2.36 bits per heavy atom. The van der Waals surface area contributed by atoms with Crippen LogP contribution in [0.2, 0.25) is 0 Å². The fourth-order valence-corrected chi connectivity index (χ4v) is 1.56. The third kappa shape index (κ3) is 2.17. The van der Waals surface area contributed by atoms with Crippen LogP contribution < -0.4 is 0 Å². The highest BCUT2D eigenvalue weighted by atomic mass is 32.2. The second kappa shape index (κ2) is 4.03. The Morgan fingerprint density at radius 1 is 1.36 bits per heavy atom. The van der Waals surface area contributed by atoms with Gasteiger partial charge in [-0.2, -0.15) is 11.8 Å². The number of aromatic amines is 1. The van der Waals surface area contributed by atoms with Gasteiger partial charge in [0.05, 0.1) is 4.75 Å². The fourth-order valence-electron chi connectivity index (χ4n) is 1.03. The molecule has 0 aromatic carbocycles. The monoisotopic (exact) mass is 228 g/mol. The van der Waals surface area contributed by atoms with E-state index in [4.69, 9.17) is 12.2 Å². The third-order valence-electron chi connectivity index (χ3n) is 2.48. The van der Waals surface area contributed by atoms with Crippen LogP contribution in [-0.4, -0.2) is 16.2 Å². The molecule has 78 valence electrons. The van der Waals surface area contributed by atoms with Crippen molar-refractivity contribution in [1.82, 2.24) is 9.97 Å². The molecule has 0 fully saturated rings. The van der Waals surface area contributed by atoms with Gasteiger partial charge in [-0.3, -0.25) is 0 Å². The summed E-state index contributed by atoms with van der Waals surface area (Å²) in [5, 5.41) is 0. The van der Waals surface area contributed by atoms with Crippen molar-refractivity contribution < 1.29 is 0 Å². The van der Waals surface area contributed by atoms with Crippen molar-refractivity contribution in [2.75, 3.05) is 6.26 Å². The van der Waals surface area contributed by atoms with Crippen molar-refractivity contribution in [2.45, 2.75) is 32.4 Å². The van der Waals surface area contributed by atoms with Gasteiger partial charge in [-0.1, -0.05) is 12.2 Å². The molecule has 0 saturated carbocycles. The number of nitrogens with zero attached hydrogens (tertiary/aromatic N) is 1. The average molecular weight is 228 g/mol. The maximum atomic E-state index is 5.20. The van der Waals surface area contributed by atoms with Gasteiger partial charge in [0.25, 0.3) is 0 Å². The molecule has 1 aromatic heterocycles. The predicted octanol–water partition coefficient (Wildman–Crippen LogP) is 3.35. The summed E-state index contributed by atoms with van der Waals surface area (Å²) in [6.07, 6.45) is 2.08. The van der Waals surface area contributed by atoms with Gasteiger partial charge in [-0.15, -0.1) is 0 Å². The molecular weight excluding hydrogens is 212 g/mol. The summed E-state index contributed by atoms with van der Waals surface area (Å²) >= 11 is 6.97. The largest absolute Gasteiger partial charge is 0.346 e. The summed E-state index contributed by atoms with van der Waals surface area (Å²) in [5.74, 6) is 0.957. The SMILES string of the molecule is CSC(C)(C)c1nc(=S)c(C)c(C)[nH]1. The molecule has 1 heterocycles. The zero-order chi connectivity index (χ0) is 10.9. The van der Waals surface area contributed by atoms with Crippen LogP contribution in [0.1, 0.15) is 30.9 Å². The van der Waals surface area contributed by atoms with Crippen LogP contribution in [0.3, 0.4) is 0 Å². The summed E-state index contributed by atoms with van der Waals surface area (Å²) in [7, 11) is 0. The van der Waals surface area contributed by atoms with Crippen LogP contribution in [0.5, 0.6) is 0 Å². The van der Waals surface area contributed by atoms with Gasteiger partial charge >= 0.3 is 0 Å². The van der Waals surface area contributed by atoms with E-state index in [9.17, 15) is 0 Å². The van der Waals surface area contributed by atoms with E-state index in [0.717, 1.165) is 17.1 Å². The molecule has 0 unspecified atom stereocenters. The quantitative estimate of drug-likeness (QED) is 0.787. The van der Waals surface area contributed by atoms with E-state index in [1.54, 1.807) is 11.8 Å². The van der Waals surface area contributed by atoms with Crippen LogP contribution in [0.4, 0.5) is 0 Å². The molecule has 1 rings (SSSR count). The number of H-pyrrole nitrogens is 1. The van der Waals surface area contributed by atoms with E-state index in [0.29, 0.717) is 4.64 Å². The maximum absolute atomic E-state index is 5.20. The van der Waals surface area contributed by atoms with Gasteiger partial charge in [0.15, 0.2) is 0 Å².